The summed E-state index contributed by atoms with van der Waals surface area (Å²) in [6, 6.07) is 0. The molecule has 0 spiro atoms. The molecule has 0 aromatic carbocycles. The van der Waals surface area contributed by atoms with E-state index in [1.165, 1.54) is 0 Å². The molecule has 0 saturated carbocycles. The monoisotopic (exact) mass is 354 g/mol. The molecule has 0 radical (unpaired) electrons. The summed E-state index contributed by atoms with van der Waals surface area (Å²) in [7, 11) is 0. The Hall–Kier alpha value is -1.81. The van der Waals surface area contributed by atoms with E-state index in [2.05, 4.69) is 9.47 Å². The van der Waals surface area contributed by atoms with Crippen LogP contribution >= 0.6 is 0 Å². The van der Waals surface area contributed by atoms with Gasteiger partial charge in [0.15, 0.2) is 18.5 Å². The van der Waals surface area contributed by atoms with Crippen molar-refractivity contribution in [3.05, 3.63) is 0 Å². The molecular weight excluding hydrogens is 334 g/mol. The van der Waals surface area contributed by atoms with Gasteiger partial charge in [0.1, 0.15) is 6.61 Å². The molecule has 0 aromatic rings. The lowest BCUT2D eigenvalue weighted by Gasteiger charge is -2.44. The number of rotatable bonds is 6. The number of alkyl halides is 2. The zero-order valence-corrected chi connectivity index (χ0v) is 13.7. The molecule has 1 saturated heterocycles. The van der Waals surface area contributed by atoms with Crippen LogP contribution < -0.4 is 0 Å². The summed E-state index contributed by atoms with van der Waals surface area (Å²) in [5, 5.41) is 0. The molecule has 1 heterocycles. The van der Waals surface area contributed by atoms with Gasteiger partial charge in [-0.05, 0) is 6.92 Å². The van der Waals surface area contributed by atoms with Crippen LogP contribution in [0, 0.1) is 0 Å². The average molecular weight is 354 g/mol. The van der Waals surface area contributed by atoms with E-state index in [1.807, 2.05) is 0 Å². The Bertz CT molecular complexity index is 481. The SMILES string of the molecule is CCO[C@H]1O[C@H](COC(C)=O)C(F)(F)[C@H](OC(C)=O)[C@@H]1OC(C)=O. The minimum Gasteiger partial charge on any atom is -0.463 e. The highest BCUT2D eigenvalue weighted by atomic mass is 19.3. The zero-order valence-electron chi connectivity index (χ0n) is 13.7. The molecule has 10 heteroatoms. The average Bonchev–Trinajstić information content (AvgIpc) is 2.43. The van der Waals surface area contributed by atoms with E-state index < -0.39 is 55.0 Å². The van der Waals surface area contributed by atoms with Crippen molar-refractivity contribution in [3.63, 3.8) is 0 Å². The number of esters is 3. The van der Waals surface area contributed by atoms with Gasteiger partial charge in [-0.15, -0.1) is 0 Å². The molecule has 0 N–H and O–H groups in total. The summed E-state index contributed by atoms with van der Waals surface area (Å²) >= 11 is 0. The highest BCUT2D eigenvalue weighted by Gasteiger charge is 2.62. The van der Waals surface area contributed by atoms with Gasteiger partial charge in [-0.25, -0.2) is 0 Å². The van der Waals surface area contributed by atoms with E-state index in [0.29, 0.717) is 0 Å². The van der Waals surface area contributed by atoms with Crippen LogP contribution in [-0.4, -0.2) is 61.6 Å². The molecule has 1 aliphatic rings. The number of halogens is 2. The van der Waals surface area contributed by atoms with Crippen LogP contribution in [-0.2, 0) is 38.1 Å². The van der Waals surface area contributed by atoms with Crippen molar-refractivity contribution < 1.29 is 46.8 Å². The fourth-order valence-corrected chi connectivity index (χ4v) is 2.15. The van der Waals surface area contributed by atoms with Gasteiger partial charge in [0.2, 0.25) is 6.10 Å². The fraction of sp³-hybridized carbons (Fsp3) is 0.786. The molecule has 0 unspecified atom stereocenters. The summed E-state index contributed by atoms with van der Waals surface area (Å²) < 4.78 is 53.6. The highest BCUT2D eigenvalue weighted by Crippen LogP contribution is 2.38. The van der Waals surface area contributed by atoms with Crippen molar-refractivity contribution in [2.45, 2.75) is 58.2 Å². The van der Waals surface area contributed by atoms with E-state index in [0.717, 1.165) is 20.8 Å². The number of carbonyl (C=O) groups excluding carboxylic acids is 3. The van der Waals surface area contributed by atoms with Crippen LogP contribution in [0.3, 0.4) is 0 Å². The summed E-state index contributed by atoms with van der Waals surface area (Å²) in [6.45, 7) is 3.84. The molecule has 8 nitrogen and oxygen atoms in total. The van der Waals surface area contributed by atoms with E-state index >= 15 is 0 Å². The second kappa shape index (κ2) is 8.34. The first-order valence-corrected chi connectivity index (χ1v) is 7.22. The molecule has 1 rings (SSSR count). The fourth-order valence-electron chi connectivity index (χ4n) is 2.15. The van der Waals surface area contributed by atoms with Gasteiger partial charge in [0, 0.05) is 27.4 Å². The van der Waals surface area contributed by atoms with E-state index in [4.69, 9.17) is 14.2 Å². The number of ether oxygens (including phenoxy) is 5. The Labute approximate surface area is 137 Å². The third kappa shape index (κ3) is 5.10. The predicted octanol–water partition coefficient (Wildman–Crippen LogP) is 0.810. The van der Waals surface area contributed by atoms with Gasteiger partial charge in [0.05, 0.1) is 0 Å². The molecule has 0 aliphatic carbocycles. The minimum absolute atomic E-state index is 0.0566. The van der Waals surface area contributed by atoms with Crippen LogP contribution in [0.15, 0.2) is 0 Å². The van der Waals surface area contributed by atoms with Crippen molar-refractivity contribution >= 4 is 17.9 Å². The summed E-state index contributed by atoms with van der Waals surface area (Å²) in [5.74, 6) is -6.44. The predicted molar refractivity (Wildman–Crippen MR) is 73.0 cm³/mol. The maximum Gasteiger partial charge on any atom is 0.317 e. The van der Waals surface area contributed by atoms with Gasteiger partial charge in [0.25, 0.3) is 0 Å². The Morgan fingerprint density at radius 2 is 1.62 bits per heavy atom. The second-order valence-electron chi connectivity index (χ2n) is 5.03. The van der Waals surface area contributed by atoms with Crippen LogP contribution in [0.1, 0.15) is 27.7 Å². The Balaban J connectivity index is 3.14. The summed E-state index contributed by atoms with van der Waals surface area (Å²) in [4.78, 5) is 33.3. The van der Waals surface area contributed by atoms with Gasteiger partial charge < -0.3 is 23.7 Å². The largest absolute Gasteiger partial charge is 0.463 e. The molecule has 24 heavy (non-hydrogen) atoms. The quantitative estimate of drug-likeness (QED) is 0.511. The lowest BCUT2D eigenvalue weighted by molar-refractivity contribution is -0.346. The molecular formula is C14H20F2O8. The molecule has 0 aromatic heterocycles. The third-order valence-electron chi connectivity index (χ3n) is 3.04. The molecule has 4 atom stereocenters. The van der Waals surface area contributed by atoms with Crippen LogP contribution in [0.25, 0.3) is 0 Å². The number of carbonyl (C=O) groups is 3. The van der Waals surface area contributed by atoms with E-state index in [1.54, 1.807) is 6.92 Å². The van der Waals surface area contributed by atoms with Gasteiger partial charge in [-0.2, -0.15) is 8.78 Å². The smallest absolute Gasteiger partial charge is 0.317 e. The standard InChI is InChI=1S/C14H20F2O8/c1-5-20-13-11(22-8(3)18)12(23-9(4)19)14(15,16)10(24-13)6-21-7(2)17/h10-13H,5-6H2,1-4H3/t10-,11+,12-,13+/m1/s1. The third-order valence-corrected chi connectivity index (χ3v) is 3.04. The maximum absolute atomic E-state index is 14.6. The van der Waals surface area contributed by atoms with Crippen molar-refractivity contribution in [2.24, 2.45) is 0 Å². The Kier molecular flexibility index (Phi) is 7.03. The molecule has 138 valence electrons. The van der Waals surface area contributed by atoms with E-state index in [9.17, 15) is 23.2 Å². The first-order valence-electron chi connectivity index (χ1n) is 7.22. The van der Waals surface area contributed by atoms with Crippen LogP contribution in [0.5, 0.6) is 0 Å². The first kappa shape index (κ1) is 20.2. The zero-order chi connectivity index (χ0) is 18.5. The lowest BCUT2D eigenvalue weighted by Crippen LogP contribution is -2.65. The summed E-state index contributed by atoms with van der Waals surface area (Å²) in [5.41, 5.74) is 0. The van der Waals surface area contributed by atoms with Crippen LogP contribution in [0.2, 0.25) is 0 Å². The van der Waals surface area contributed by atoms with Crippen molar-refractivity contribution in [3.8, 4) is 0 Å². The summed E-state index contributed by atoms with van der Waals surface area (Å²) in [6.07, 6.45) is -7.17. The topological polar surface area (TPSA) is 97.4 Å². The normalized spacial score (nSPS) is 28.8. The molecule has 1 fully saturated rings. The lowest BCUT2D eigenvalue weighted by atomic mass is 9.97. The van der Waals surface area contributed by atoms with Crippen LogP contribution in [0.4, 0.5) is 8.78 Å². The van der Waals surface area contributed by atoms with Crippen molar-refractivity contribution in [2.75, 3.05) is 13.2 Å². The van der Waals surface area contributed by atoms with Gasteiger partial charge in [-0.3, -0.25) is 14.4 Å². The first-order chi connectivity index (χ1) is 11.1. The number of hydrogen-bond donors (Lipinski definition) is 0. The minimum atomic E-state index is -3.78. The van der Waals surface area contributed by atoms with Gasteiger partial charge in [-0.1, -0.05) is 0 Å². The second-order valence-corrected chi connectivity index (χ2v) is 5.03. The Morgan fingerprint density at radius 3 is 2.08 bits per heavy atom. The van der Waals surface area contributed by atoms with Crippen molar-refractivity contribution in [1.29, 1.82) is 0 Å². The Morgan fingerprint density at radius 1 is 1.04 bits per heavy atom. The highest BCUT2D eigenvalue weighted by molar-refractivity contribution is 5.67. The molecule has 0 amide bonds. The van der Waals surface area contributed by atoms with E-state index in [-0.39, 0.29) is 6.61 Å². The number of hydrogen-bond acceptors (Lipinski definition) is 8. The molecule has 0 bridgehead atoms. The van der Waals surface area contributed by atoms with Gasteiger partial charge >= 0.3 is 23.8 Å². The molecule has 1 aliphatic heterocycles. The maximum atomic E-state index is 14.6. The van der Waals surface area contributed by atoms with Crippen molar-refractivity contribution in [1.82, 2.24) is 0 Å².